The zero-order valence-corrected chi connectivity index (χ0v) is 14.8. The Labute approximate surface area is 155 Å². The van der Waals surface area contributed by atoms with E-state index >= 15 is 0 Å². The molecule has 0 atom stereocenters. The average Bonchev–Trinajstić information content (AvgIpc) is 2.65. The van der Waals surface area contributed by atoms with Crippen LogP contribution in [-0.4, -0.2) is 5.91 Å². The molecule has 3 aromatic rings. The van der Waals surface area contributed by atoms with Crippen LogP contribution in [0.5, 0.6) is 0 Å². The van der Waals surface area contributed by atoms with Crippen molar-refractivity contribution in [1.29, 1.82) is 5.26 Å². The molecule has 1 N–H and O–H groups in total. The fourth-order valence-corrected chi connectivity index (χ4v) is 3.20. The van der Waals surface area contributed by atoms with Gasteiger partial charge in [0.05, 0.1) is 17.3 Å². The molecule has 0 heterocycles. The molecule has 0 unspecified atom stereocenters. The molecule has 5 heteroatoms. The van der Waals surface area contributed by atoms with Gasteiger partial charge in [0.1, 0.15) is 5.82 Å². The molecule has 3 rings (SSSR count). The zero-order valence-electron chi connectivity index (χ0n) is 14.0. The molecule has 0 aliphatic rings. The first kappa shape index (κ1) is 17.7. The van der Waals surface area contributed by atoms with Crippen molar-refractivity contribution in [2.45, 2.75) is 16.7 Å². The third kappa shape index (κ3) is 4.29. The number of carbonyl (C=O) groups is 1. The number of hydrogen-bond donors (Lipinski definition) is 1. The Morgan fingerprint density at radius 2 is 1.73 bits per heavy atom. The molecular weight excluding hydrogens is 347 g/mol. The van der Waals surface area contributed by atoms with Crippen molar-refractivity contribution in [2.24, 2.45) is 0 Å². The maximum Gasteiger partial charge on any atom is 0.255 e. The summed E-state index contributed by atoms with van der Waals surface area (Å²) in [6.45, 7) is 2.02. The predicted molar refractivity (Wildman–Crippen MR) is 101 cm³/mol. The van der Waals surface area contributed by atoms with E-state index in [1.54, 1.807) is 12.1 Å². The van der Waals surface area contributed by atoms with E-state index in [4.69, 9.17) is 5.26 Å². The van der Waals surface area contributed by atoms with Gasteiger partial charge in [-0.25, -0.2) is 4.39 Å². The quantitative estimate of drug-likeness (QED) is 0.675. The molecule has 3 aromatic carbocycles. The lowest BCUT2D eigenvalue weighted by Gasteiger charge is -2.12. The lowest BCUT2D eigenvalue weighted by atomic mass is 10.2. The molecule has 0 spiro atoms. The Morgan fingerprint density at radius 3 is 2.38 bits per heavy atom. The Balaban J connectivity index is 1.88. The van der Waals surface area contributed by atoms with Crippen LogP contribution in [0.25, 0.3) is 0 Å². The SMILES string of the molecule is Cc1ccc(Sc2ccc(C#N)cc2NC(=O)c2ccc(F)cc2)cc1. The van der Waals surface area contributed by atoms with Crippen molar-refractivity contribution in [1.82, 2.24) is 0 Å². The first-order chi connectivity index (χ1) is 12.5. The van der Waals surface area contributed by atoms with Crippen molar-refractivity contribution < 1.29 is 9.18 Å². The number of anilines is 1. The Morgan fingerprint density at radius 1 is 1.04 bits per heavy atom. The van der Waals surface area contributed by atoms with E-state index in [9.17, 15) is 9.18 Å². The summed E-state index contributed by atoms with van der Waals surface area (Å²) in [7, 11) is 0. The summed E-state index contributed by atoms with van der Waals surface area (Å²) in [5.74, 6) is -0.755. The van der Waals surface area contributed by atoms with Gasteiger partial charge < -0.3 is 5.32 Å². The van der Waals surface area contributed by atoms with Gasteiger partial charge in [-0.1, -0.05) is 29.5 Å². The minimum Gasteiger partial charge on any atom is -0.321 e. The Hall–Kier alpha value is -3.10. The van der Waals surface area contributed by atoms with Crippen LogP contribution < -0.4 is 5.32 Å². The normalized spacial score (nSPS) is 10.2. The minimum atomic E-state index is -0.399. The first-order valence-electron chi connectivity index (χ1n) is 7.91. The number of aryl methyl sites for hydroxylation is 1. The van der Waals surface area contributed by atoms with Crippen molar-refractivity contribution in [3.63, 3.8) is 0 Å². The summed E-state index contributed by atoms with van der Waals surface area (Å²) < 4.78 is 13.0. The predicted octanol–water partition coefficient (Wildman–Crippen LogP) is 5.41. The zero-order chi connectivity index (χ0) is 18.5. The lowest BCUT2D eigenvalue weighted by Crippen LogP contribution is -2.12. The highest BCUT2D eigenvalue weighted by Crippen LogP contribution is 2.34. The first-order valence-corrected chi connectivity index (χ1v) is 8.72. The largest absolute Gasteiger partial charge is 0.321 e. The number of carbonyl (C=O) groups excluding carboxylic acids is 1. The highest BCUT2D eigenvalue weighted by Gasteiger charge is 2.11. The summed E-state index contributed by atoms with van der Waals surface area (Å²) in [5, 5.41) is 12.0. The van der Waals surface area contributed by atoms with Crippen molar-refractivity contribution in [3.05, 3.63) is 89.2 Å². The fourth-order valence-electron chi connectivity index (χ4n) is 2.32. The lowest BCUT2D eigenvalue weighted by molar-refractivity contribution is 0.102. The standard InChI is InChI=1S/C21H15FN2OS/c1-14-2-9-18(10-3-14)26-20-11-4-15(13-23)12-19(20)24-21(25)16-5-7-17(22)8-6-16/h2-12H,1H3,(H,24,25). The molecule has 0 fully saturated rings. The number of nitrogens with zero attached hydrogens (tertiary/aromatic N) is 1. The van der Waals surface area contributed by atoms with Crippen molar-refractivity contribution in [2.75, 3.05) is 5.32 Å². The molecule has 0 bridgehead atoms. The van der Waals surface area contributed by atoms with Crippen molar-refractivity contribution >= 4 is 23.4 Å². The molecule has 0 radical (unpaired) electrons. The molecule has 0 aromatic heterocycles. The number of benzene rings is 3. The third-order valence-electron chi connectivity index (χ3n) is 3.71. The van der Waals surface area contributed by atoms with Gasteiger partial charge in [-0.05, 0) is 61.5 Å². The van der Waals surface area contributed by atoms with Gasteiger partial charge in [0.2, 0.25) is 0 Å². The fraction of sp³-hybridized carbons (Fsp3) is 0.0476. The highest BCUT2D eigenvalue weighted by atomic mass is 32.2. The number of rotatable bonds is 4. The van der Waals surface area contributed by atoms with Crippen LogP contribution in [0.1, 0.15) is 21.5 Å². The Bertz CT molecular complexity index is 976. The van der Waals surface area contributed by atoms with Crippen LogP contribution in [0.3, 0.4) is 0 Å². The number of halogens is 1. The van der Waals surface area contributed by atoms with Crippen LogP contribution in [0.2, 0.25) is 0 Å². The van der Waals surface area contributed by atoms with E-state index in [-0.39, 0.29) is 5.91 Å². The van der Waals surface area contributed by atoms with Crippen LogP contribution in [0.15, 0.2) is 76.5 Å². The number of amides is 1. The van der Waals surface area contributed by atoms with Crippen LogP contribution in [0.4, 0.5) is 10.1 Å². The second kappa shape index (κ2) is 7.85. The number of nitriles is 1. The minimum absolute atomic E-state index is 0.347. The van der Waals surface area contributed by atoms with E-state index in [0.29, 0.717) is 16.8 Å². The van der Waals surface area contributed by atoms with E-state index in [2.05, 4.69) is 11.4 Å². The van der Waals surface area contributed by atoms with Crippen LogP contribution >= 0.6 is 11.8 Å². The smallest absolute Gasteiger partial charge is 0.255 e. The van der Waals surface area contributed by atoms with Crippen LogP contribution in [-0.2, 0) is 0 Å². The summed E-state index contributed by atoms with van der Waals surface area (Å²) in [5.41, 5.74) is 2.51. The van der Waals surface area contributed by atoms with Gasteiger partial charge in [-0.15, -0.1) is 0 Å². The van der Waals surface area contributed by atoms with Crippen molar-refractivity contribution in [3.8, 4) is 6.07 Å². The topological polar surface area (TPSA) is 52.9 Å². The van der Waals surface area contributed by atoms with Gasteiger partial charge in [0.15, 0.2) is 0 Å². The molecular formula is C21H15FN2OS. The van der Waals surface area contributed by atoms with Gasteiger partial charge in [0, 0.05) is 15.4 Å². The van der Waals surface area contributed by atoms with Crippen LogP contribution in [0, 0.1) is 24.1 Å². The molecule has 0 aliphatic heterocycles. The molecule has 26 heavy (non-hydrogen) atoms. The van der Waals surface area contributed by atoms with Gasteiger partial charge in [-0.3, -0.25) is 4.79 Å². The summed E-state index contributed by atoms with van der Waals surface area (Å²) in [4.78, 5) is 14.3. The molecule has 128 valence electrons. The Kier molecular flexibility index (Phi) is 5.35. The van der Waals surface area contributed by atoms with E-state index in [0.717, 1.165) is 9.79 Å². The monoisotopic (exact) mass is 362 g/mol. The maximum absolute atomic E-state index is 13.0. The van der Waals surface area contributed by atoms with Gasteiger partial charge in [0.25, 0.3) is 5.91 Å². The highest BCUT2D eigenvalue weighted by molar-refractivity contribution is 7.99. The maximum atomic E-state index is 13.0. The molecule has 0 aliphatic carbocycles. The second-order valence-electron chi connectivity index (χ2n) is 5.70. The van der Waals surface area contributed by atoms with E-state index < -0.39 is 5.82 Å². The molecule has 0 saturated heterocycles. The molecule has 1 amide bonds. The van der Waals surface area contributed by atoms with E-state index in [1.807, 2.05) is 37.3 Å². The summed E-state index contributed by atoms with van der Waals surface area (Å²) in [6.07, 6.45) is 0. The number of nitrogens with one attached hydrogen (secondary N) is 1. The second-order valence-corrected chi connectivity index (χ2v) is 6.81. The average molecular weight is 362 g/mol. The third-order valence-corrected chi connectivity index (χ3v) is 4.80. The molecule has 3 nitrogen and oxygen atoms in total. The van der Waals surface area contributed by atoms with E-state index in [1.165, 1.54) is 41.6 Å². The number of hydrogen-bond acceptors (Lipinski definition) is 3. The van der Waals surface area contributed by atoms with Gasteiger partial charge >= 0.3 is 0 Å². The summed E-state index contributed by atoms with van der Waals surface area (Å²) >= 11 is 1.50. The van der Waals surface area contributed by atoms with Gasteiger partial charge in [-0.2, -0.15) is 5.26 Å². The summed E-state index contributed by atoms with van der Waals surface area (Å²) in [6, 6.07) is 20.6. The molecule has 0 saturated carbocycles.